The summed E-state index contributed by atoms with van der Waals surface area (Å²) in [6, 6.07) is 3.71. The number of rotatable bonds is 1. The van der Waals surface area contributed by atoms with Crippen molar-refractivity contribution in [1.29, 1.82) is 0 Å². The molecule has 2 aliphatic rings. The number of nitrogens with zero attached hydrogens (tertiary/aromatic N) is 1. The lowest BCUT2D eigenvalue weighted by Gasteiger charge is -2.43. The minimum absolute atomic E-state index is 0.0678. The highest BCUT2D eigenvalue weighted by molar-refractivity contribution is 5.99. The largest absolute Gasteiger partial charge is 0.463 e. The normalized spacial score (nSPS) is 25.7. The lowest BCUT2D eigenvalue weighted by Crippen LogP contribution is -2.62. The zero-order valence-electron chi connectivity index (χ0n) is 11.6. The summed E-state index contributed by atoms with van der Waals surface area (Å²) >= 11 is 0. The maximum absolute atomic E-state index is 12.7. The molecule has 0 aromatic carbocycles. The van der Waals surface area contributed by atoms with Crippen LogP contribution in [0.25, 0.3) is 11.1 Å². The summed E-state index contributed by atoms with van der Waals surface area (Å²) in [5, 5.41) is 3.01. The number of furan rings is 1. The highest BCUT2D eigenvalue weighted by Crippen LogP contribution is 2.27. The van der Waals surface area contributed by atoms with Crippen molar-refractivity contribution >= 4 is 22.9 Å². The minimum atomic E-state index is -0.117. The first-order chi connectivity index (χ1) is 10.2. The van der Waals surface area contributed by atoms with Gasteiger partial charge in [0.2, 0.25) is 5.91 Å². The van der Waals surface area contributed by atoms with Crippen LogP contribution in [0.4, 0.5) is 0 Å². The number of carbonyl (C=O) groups is 2. The minimum Gasteiger partial charge on any atom is -0.463 e. The maximum Gasteiger partial charge on any atom is 0.271 e. The van der Waals surface area contributed by atoms with Crippen LogP contribution in [0.3, 0.4) is 0 Å². The molecule has 6 nitrogen and oxygen atoms in total. The molecule has 1 saturated heterocycles. The van der Waals surface area contributed by atoms with E-state index in [1.165, 1.54) is 0 Å². The number of hydrogen-bond donors (Lipinski definition) is 2. The van der Waals surface area contributed by atoms with Gasteiger partial charge in [0.1, 0.15) is 12.2 Å². The third kappa shape index (κ3) is 2.02. The molecule has 1 aliphatic heterocycles. The molecule has 2 atom stereocenters. The van der Waals surface area contributed by atoms with E-state index < -0.39 is 0 Å². The summed E-state index contributed by atoms with van der Waals surface area (Å²) in [6.45, 7) is 0.139. The summed E-state index contributed by atoms with van der Waals surface area (Å²) < 4.78 is 5.28. The predicted molar refractivity (Wildman–Crippen MR) is 75.8 cm³/mol. The quantitative estimate of drug-likeness (QED) is 0.837. The summed E-state index contributed by atoms with van der Waals surface area (Å²) in [5.74, 6) is -0.185. The molecule has 1 saturated carbocycles. The van der Waals surface area contributed by atoms with Crippen LogP contribution in [-0.4, -0.2) is 40.3 Å². The third-order valence-electron chi connectivity index (χ3n) is 4.52. The van der Waals surface area contributed by atoms with Crippen LogP contribution in [0.2, 0.25) is 0 Å². The Labute approximate surface area is 121 Å². The molecule has 2 fully saturated rings. The number of amides is 2. The van der Waals surface area contributed by atoms with Crippen molar-refractivity contribution < 1.29 is 14.0 Å². The molecule has 21 heavy (non-hydrogen) atoms. The molecule has 4 rings (SSSR count). The number of aromatic nitrogens is 1. The van der Waals surface area contributed by atoms with E-state index >= 15 is 0 Å². The number of hydrogen-bond acceptors (Lipinski definition) is 3. The third-order valence-corrected chi connectivity index (χ3v) is 4.52. The zero-order valence-corrected chi connectivity index (χ0v) is 11.6. The second-order valence-corrected chi connectivity index (χ2v) is 5.84. The van der Waals surface area contributed by atoms with Crippen molar-refractivity contribution in [3.8, 4) is 0 Å². The number of H-pyrrole nitrogens is 1. The van der Waals surface area contributed by atoms with Gasteiger partial charge in [-0.05, 0) is 12.8 Å². The topological polar surface area (TPSA) is 78.3 Å². The molecular weight excluding hydrogens is 270 g/mol. The van der Waals surface area contributed by atoms with Crippen LogP contribution in [0.5, 0.6) is 0 Å². The van der Waals surface area contributed by atoms with E-state index in [0.717, 1.165) is 31.2 Å². The molecule has 3 heterocycles. The van der Waals surface area contributed by atoms with Crippen molar-refractivity contribution in [2.24, 2.45) is 0 Å². The standard InChI is InChI=1S/C15H17N3O3/c19-14-8-18(12-4-2-1-3-9(12)17-14)15(20)11-7-13-10(16-11)5-6-21-13/h5-7,9,12,16H,1-4,8H2,(H,17,19)/t9-,12+/m1/s1. The predicted octanol–water partition coefficient (Wildman–Crippen LogP) is 1.64. The Morgan fingerprint density at radius 1 is 1.33 bits per heavy atom. The number of fused-ring (bicyclic) bond motifs is 2. The first-order valence-electron chi connectivity index (χ1n) is 7.39. The summed E-state index contributed by atoms with van der Waals surface area (Å²) in [6.07, 6.45) is 5.70. The molecule has 1 aliphatic carbocycles. The maximum atomic E-state index is 12.7. The Hall–Kier alpha value is -2.24. The van der Waals surface area contributed by atoms with Gasteiger partial charge >= 0.3 is 0 Å². The van der Waals surface area contributed by atoms with Crippen LogP contribution < -0.4 is 5.32 Å². The number of carbonyl (C=O) groups excluding carboxylic acids is 2. The lowest BCUT2D eigenvalue weighted by atomic mass is 9.87. The Morgan fingerprint density at radius 3 is 3.05 bits per heavy atom. The van der Waals surface area contributed by atoms with Gasteiger partial charge in [0.05, 0.1) is 17.8 Å². The van der Waals surface area contributed by atoms with E-state index in [1.807, 2.05) is 0 Å². The van der Waals surface area contributed by atoms with Crippen LogP contribution in [0.15, 0.2) is 22.8 Å². The van der Waals surface area contributed by atoms with Gasteiger partial charge in [0.15, 0.2) is 5.58 Å². The second kappa shape index (κ2) is 4.65. The molecule has 2 aromatic heterocycles. The van der Waals surface area contributed by atoms with Crippen LogP contribution in [0, 0.1) is 0 Å². The molecule has 6 heteroatoms. The van der Waals surface area contributed by atoms with Crippen LogP contribution in [0.1, 0.15) is 36.2 Å². The van der Waals surface area contributed by atoms with Gasteiger partial charge in [-0.25, -0.2) is 0 Å². The number of nitrogens with one attached hydrogen (secondary N) is 2. The van der Waals surface area contributed by atoms with Crippen molar-refractivity contribution in [1.82, 2.24) is 15.2 Å². The number of piperazine rings is 1. The van der Waals surface area contributed by atoms with Gasteiger partial charge in [-0.2, -0.15) is 0 Å². The average Bonchev–Trinajstić information content (AvgIpc) is 3.06. The van der Waals surface area contributed by atoms with E-state index in [4.69, 9.17) is 4.42 Å². The molecule has 110 valence electrons. The molecule has 0 bridgehead atoms. The fourth-order valence-electron chi connectivity index (χ4n) is 3.52. The molecule has 2 amide bonds. The molecule has 0 spiro atoms. The molecule has 2 aromatic rings. The van der Waals surface area contributed by atoms with E-state index in [2.05, 4.69) is 10.3 Å². The molecule has 0 radical (unpaired) electrons. The van der Waals surface area contributed by atoms with Crippen LogP contribution >= 0.6 is 0 Å². The van der Waals surface area contributed by atoms with Crippen molar-refractivity contribution in [2.75, 3.05) is 6.54 Å². The first kappa shape index (κ1) is 12.5. The van der Waals surface area contributed by atoms with Gasteiger partial charge < -0.3 is 19.6 Å². The smallest absolute Gasteiger partial charge is 0.271 e. The zero-order chi connectivity index (χ0) is 14.4. The van der Waals surface area contributed by atoms with Gasteiger partial charge in [-0.15, -0.1) is 0 Å². The van der Waals surface area contributed by atoms with E-state index in [1.54, 1.807) is 23.3 Å². The van der Waals surface area contributed by atoms with Gasteiger partial charge in [-0.3, -0.25) is 9.59 Å². The molecule has 0 unspecified atom stereocenters. The lowest BCUT2D eigenvalue weighted by molar-refractivity contribution is -0.127. The highest BCUT2D eigenvalue weighted by atomic mass is 16.3. The monoisotopic (exact) mass is 287 g/mol. The Morgan fingerprint density at radius 2 is 2.19 bits per heavy atom. The Balaban J connectivity index is 1.64. The SMILES string of the molecule is O=C1CN(C(=O)c2cc3occc3[nH]2)[C@H]2CCCC[C@H]2N1. The van der Waals surface area contributed by atoms with E-state index in [0.29, 0.717) is 11.3 Å². The average molecular weight is 287 g/mol. The summed E-state index contributed by atoms with van der Waals surface area (Å²) in [7, 11) is 0. The highest BCUT2D eigenvalue weighted by Gasteiger charge is 2.39. The Kier molecular flexibility index (Phi) is 2.77. The Bertz CT molecular complexity index is 673. The summed E-state index contributed by atoms with van der Waals surface area (Å²) in [5.41, 5.74) is 1.96. The molecule has 2 N–H and O–H groups in total. The van der Waals surface area contributed by atoms with E-state index in [-0.39, 0.29) is 30.4 Å². The number of aromatic amines is 1. The second-order valence-electron chi connectivity index (χ2n) is 5.84. The summed E-state index contributed by atoms with van der Waals surface area (Å²) in [4.78, 5) is 29.4. The van der Waals surface area contributed by atoms with Crippen molar-refractivity contribution in [3.63, 3.8) is 0 Å². The van der Waals surface area contributed by atoms with Gasteiger partial charge in [-0.1, -0.05) is 12.8 Å². The van der Waals surface area contributed by atoms with Gasteiger partial charge in [0.25, 0.3) is 5.91 Å². The van der Waals surface area contributed by atoms with Gasteiger partial charge in [0, 0.05) is 18.2 Å². The van der Waals surface area contributed by atoms with Crippen LogP contribution in [-0.2, 0) is 4.79 Å². The first-order valence-corrected chi connectivity index (χ1v) is 7.39. The fraction of sp³-hybridized carbons (Fsp3) is 0.467. The van der Waals surface area contributed by atoms with Crippen molar-refractivity contribution in [3.05, 3.63) is 24.1 Å². The van der Waals surface area contributed by atoms with Crippen molar-refractivity contribution in [2.45, 2.75) is 37.8 Å². The van der Waals surface area contributed by atoms with E-state index in [9.17, 15) is 9.59 Å². The molecular formula is C15H17N3O3. The fourth-order valence-corrected chi connectivity index (χ4v) is 3.52.